The van der Waals surface area contributed by atoms with Gasteiger partial charge in [-0.05, 0) is 63.1 Å². The number of carbonyl (C=O) groups excluding carboxylic acids is 1. The molecule has 3 heteroatoms. The Labute approximate surface area is 192 Å². The second-order valence-corrected chi connectivity index (χ2v) is 10.9. The van der Waals surface area contributed by atoms with Gasteiger partial charge in [0, 0.05) is 33.2 Å². The van der Waals surface area contributed by atoms with Crippen molar-refractivity contribution in [1.82, 2.24) is 0 Å². The number of fused-ring (bicyclic) bond motifs is 3. The lowest BCUT2D eigenvalue weighted by atomic mass is 10.1. The highest BCUT2D eigenvalue weighted by Crippen LogP contribution is 2.48. The van der Waals surface area contributed by atoms with Gasteiger partial charge in [-0.25, -0.2) is 4.79 Å². The normalized spacial score (nSPS) is 14.4. The molecule has 1 heterocycles. The molecule has 32 heavy (non-hydrogen) atoms. The standard InChI is InChI=1S/C29H27O2S/c1-29(2,19-18-21-10-3-4-11-21)31-28(30)22-12-9-13-23(20-22)32-26-16-7-5-14-24(26)25-15-6-8-17-27(25)32/h5-9,12-17,20-21H,3-4,10-11H2,1-2H3/q+1. The van der Waals surface area contributed by atoms with Crippen molar-refractivity contribution in [2.24, 2.45) is 5.92 Å². The van der Waals surface area contributed by atoms with Crippen molar-refractivity contribution in [3.8, 4) is 16.7 Å². The van der Waals surface area contributed by atoms with Crippen molar-refractivity contribution in [3.63, 3.8) is 0 Å². The number of rotatable bonds is 3. The van der Waals surface area contributed by atoms with Gasteiger partial charge < -0.3 is 4.74 Å². The number of esters is 1. The molecule has 0 N–H and O–H groups in total. The molecule has 0 spiro atoms. The summed E-state index contributed by atoms with van der Waals surface area (Å²) in [6.07, 6.45) is 4.82. The number of thiophene rings is 1. The summed E-state index contributed by atoms with van der Waals surface area (Å²) >= 11 is 0. The van der Waals surface area contributed by atoms with Crippen LogP contribution in [0.15, 0.2) is 72.8 Å². The Hall–Kier alpha value is -3.09. The molecule has 0 unspecified atom stereocenters. The summed E-state index contributed by atoms with van der Waals surface area (Å²) in [4.78, 5) is 14.2. The molecule has 0 aliphatic heterocycles. The minimum absolute atomic E-state index is 0.231. The molecule has 1 fully saturated rings. The van der Waals surface area contributed by atoms with Gasteiger partial charge in [-0.2, -0.15) is 0 Å². The monoisotopic (exact) mass is 439 g/mol. The fourth-order valence-corrected chi connectivity index (χ4v) is 6.95. The highest BCUT2D eigenvalue weighted by atomic mass is 32.2. The smallest absolute Gasteiger partial charge is 0.339 e. The quantitative estimate of drug-likeness (QED) is 0.184. The van der Waals surface area contributed by atoms with Crippen LogP contribution in [0.2, 0.25) is 0 Å². The van der Waals surface area contributed by atoms with Gasteiger partial charge in [0.25, 0.3) is 0 Å². The van der Waals surface area contributed by atoms with Crippen molar-refractivity contribution in [1.29, 1.82) is 0 Å². The first-order valence-corrected chi connectivity index (χ1v) is 12.5. The van der Waals surface area contributed by atoms with Gasteiger partial charge in [0.15, 0.2) is 19.9 Å². The molecular weight excluding hydrogens is 412 g/mol. The van der Waals surface area contributed by atoms with Crippen LogP contribution in [0.25, 0.3) is 25.1 Å². The van der Waals surface area contributed by atoms with Crippen molar-refractivity contribution in [2.75, 3.05) is 0 Å². The zero-order valence-corrected chi connectivity index (χ0v) is 19.4. The molecule has 1 aliphatic carbocycles. The van der Waals surface area contributed by atoms with Gasteiger partial charge in [-0.15, -0.1) is 0 Å². The summed E-state index contributed by atoms with van der Waals surface area (Å²) in [6, 6.07) is 25.0. The Morgan fingerprint density at radius 1 is 0.906 bits per heavy atom. The summed E-state index contributed by atoms with van der Waals surface area (Å²) in [5.74, 6) is 6.66. The minimum atomic E-state index is -0.801. The molecule has 2 nitrogen and oxygen atoms in total. The lowest BCUT2D eigenvalue weighted by Crippen LogP contribution is -2.26. The van der Waals surface area contributed by atoms with Crippen LogP contribution in [0.5, 0.6) is 0 Å². The van der Waals surface area contributed by atoms with E-state index in [-0.39, 0.29) is 16.4 Å². The van der Waals surface area contributed by atoms with E-state index in [1.54, 1.807) is 0 Å². The molecular formula is C29H27O2S+. The van der Waals surface area contributed by atoms with Crippen molar-refractivity contribution < 1.29 is 9.53 Å². The summed E-state index contributed by atoms with van der Waals surface area (Å²) in [7, 11) is -0.231. The Morgan fingerprint density at radius 2 is 1.53 bits per heavy atom. The molecule has 3 aromatic carbocycles. The van der Waals surface area contributed by atoms with Crippen molar-refractivity contribution >= 4 is 36.6 Å². The average molecular weight is 440 g/mol. The van der Waals surface area contributed by atoms with Gasteiger partial charge in [-0.1, -0.05) is 55.0 Å². The second kappa shape index (κ2) is 8.45. The maximum atomic E-state index is 13.0. The van der Waals surface area contributed by atoms with E-state index in [2.05, 4.69) is 66.4 Å². The second-order valence-electron chi connectivity index (χ2n) is 8.98. The first-order chi connectivity index (χ1) is 15.5. The highest BCUT2D eigenvalue weighted by molar-refractivity contribution is 7.50. The molecule has 1 aromatic heterocycles. The van der Waals surface area contributed by atoms with Gasteiger partial charge in [0.05, 0.1) is 5.56 Å². The van der Waals surface area contributed by atoms with E-state index in [0.29, 0.717) is 11.5 Å². The number of benzene rings is 3. The Balaban J connectivity index is 1.48. The van der Waals surface area contributed by atoms with Crippen molar-refractivity contribution in [3.05, 3.63) is 78.4 Å². The number of hydrogen-bond acceptors (Lipinski definition) is 2. The van der Waals surface area contributed by atoms with E-state index < -0.39 is 5.60 Å². The van der Waals surface area contributed by atoms with Crippen LogP contribution >= 0.6 is 10.5 Å². The third-order valence-electron chi connectivity index (χ3n) is 6.09. The first-order valence-electron chi connectivity index (χ1n) is 11.3. The van der Waals surface area contributed by atoms with E-state index >= 15 is 0 Å². The highest BCUT2D eigenvalue weighted by Gasteiger charge is 2.26. The number of hydrogen-bond donors (Lipinski definition) is 0. The van der Waals surface area contributed by atoms with Crippen LogP contribution in [-0.4, -0.2) is 11.6 Å². The number of carbonyl (C=O) groups is 1. The fraction of sp³-hybridized carbons (Fsp3) is 0.276. The SMILES string of the molecule is CC(C)(C#CC1CCCC1)OC(=O)c1cccc(-[s+]2c3ccccc3c3ccccc32)c1. The largest absolute Gasteiger partial charge is 0.443 e. The van der Waals surface area contributed by atoms with Gasteiger partial charge in [0.2, 0.25) is 0 Å². The van der Waals surface area contributed by atoms with Crippen LogP contribution < -0.4 is 0 Å². The maximum absolute atomic E-state index is 13.0. The summed E-state index contributed by atoms with van der Waals surface area (Å²) < 4.78 is 8.45. The van der Waals surface area contributed by atoms with Crippen LogP contribution in [0.4, 0.5) is 0 Å². The fourth-order valence-electron chi connectivity index (χ4n) is 4.52. The maximum Gasteiger partial charge on any atom is 0.339 e. The molecule has 0 atom stereocenters. The average Bonchev–Trinajstić information content (AvgIpc) is 3.44. The molecule has 4 aromatic rings. The van der Waals surface area contributed by atoms with E-state index in [4.69, 9.17) is 4.74 Å². The van der Waals surface area contributed by atoms with Gasteiger partial charge >= 0.3 is 5.97 Å². The molecule has 0 radical (unpaired) electrons. The van der Waals surface area contributed by atoms with Crippen LogP contribution in [-0.2, 0) is 4.74 Å². The summed E-state index contributed by atoms with van der Waals surface area (Å²) in [6.45, 7) is 3.75. The van der Waals surface area contributed by atoms with E-state index in [9.17, 15) is 4.79 Å². The topological polar surface area (TPSA) is 26.3 Å². The molecule has 5 rings (SSSR count). The van der Waals surface area contributed by atoms with E-state index in [0.717, 1.165) is 17.7 Å². The third-order valence-corrected chi connectivity index (χ3v) is 8.41. The zero-order chi connectivity index (χ0) is 22.1. The number of ether oxygens (including phenoxy) is 1. The lowest BCUT2D eigenvalue weighted by molar-refractivity contribution is 0.0204. The van der Waals surface area contributed by atoms with Crippen LogP contribution in [0, 0.1) is 17.8 Å². The van der Waals surface area contributed by atoms with Crippen LogP contribution in [0.1, 0.15) is 49.9 Å². The first kappa shape index (κ1) is 20.8. The molecule has 160 valence electrons. The Morgan fingerprint density at radius 3 is 2.19 bits per heavy atom. The third kappa shape index (κ3) is 4.04. The van der Waals surface area contributed by atoms with E-state index in [1.807, 2.05) is 32.0 Å². The predicted molar refractivity (Wildman–Crippen MR) is 134 cm³/mol. The predicted octanol–water partition coefficient (Wildman–Crippen LogP) is 7.86. The molecule has 0 saturated heterocycles. The molecule has 1 aliphatic rings. The van der Waals surface area contributed by atoms with Gasteiger partial charge in [-0.3, -0.25) is 0 Å². The Bertz CT molecular complexity index is 1310. The van der Waals surface area contributed by atoms with Crippen molar-refractivity contribution in [2.45, 2.75) is 45.1 Å². The minimum Gasteiger partial charge on any atom is -0.443 e. The molecule has 1 saturated carbocycles. The molecule has 0 bridgehead atoms. The van der Waals surface area contributed by atoms with Crippen LogP contribution in [0.3, 0.4) is 0 Å². The zero-order valence-electron chi connectivity index (χ0n) is 18.6. The van der Waals surface area contributed by atoms with E-state index in [1.165, 1.54) is 33.0 Å². The summed E-state index contributed by atoms with van der Waals surface area (Å²) in [5, 5.41) is 2.56. The summed E-state index contributed by atoms with van der Waals surface area (Å²) in [5.41, 5.74) is -0.225. The van der Waals surface area contributed by atoms with Gasteiger partial charge in [0.1, 0.15) is 0 Å². The molecule has 0 amide bonds. The Kier molecular flexibility index (Phi) is 5.49. The lowest BCUT2D eigenvalue weighted by Gasteiger charge is -2.19.